The van der Waals surface area contributed by atoms with Crippen molar-refractivity contribution in [3.8, 4) is 0 Å². The van der Waals surface area contributed by atoms with Crippen molar-refractivity contribution in [2.24, 2.45) is 5.92 Å². The summed E-state index contributed by atoms with van der Waals surface area (Å²) in [6.45, 7) is 0. The van der Waals surface area contributed by atoms with E-state index >= 15 is 0 Å². The first-order chi connectivity index (χ1) is 10.3. The molecule has 0 N–H and O–H groups in total. The van der Waals surface area contributed by atoms with Gasteiger partial charge in [0.1, 0.15) is 5.78 Å². The average Bonchev–Trinajstić information content (AvgIpc) is 3.25. The van der Waals surface area contributed by atoms with E-state index in [0.717, 1.165) is 6.42 Å². The molecule has 2 heteroatoms. The highest BCUT2D eigenvalue weighted by Gasteiger charge is 2.43. The summed E-state index contributed by atoms with van der Waals surface area (Å²) < 4.78 is 1.27. The monoisotopic (exact) mass is 292 g/mol. The molecule has 0 amide bonds. The third-order valence-electron chi connectivity index (χ3n) is 4.36. The Morgan fingerprint density at radius 1 is 1.05 bits per heavy atom. The fourth-order valence-corrected chi connectivity index (χ4v) is 4.07. The second kappa shape index (κ2) is 5.12. The van der Waals surface area contributed by atoms with Gasteiger partial charge in [0.15, 0.2) is 0 Å². The van der Waals surface area contributed by atoms with Crippen molar-refractivity contribution >= 4 is 27.2 Å². The van der Waals surface area contributed by atoms with Gasteiger partial charge < -0.3 is 0 Å². The van der Waals surface area contributed by atoms with E-state index in [9.17, 15) is 4.79 Å². The molecule has 3 aromatic rings. The maximum atomic E-state index is 12.5. The molecule has 1 nitrogen and oxygen atoms in total. The molecule has 4 rings (SSSR count). The van der Waals surface area contributed by atoms with Gasteiger partial charge in [0.2, 0.25) is 0 Å². The van der Waals surface area contributed by atoms with Crippen LogP contribution in [0.25, 0.3) is 10.1 Å². The molecule has 0 aliphatic heterocycles. The standard InChI is InChI=1S/C19H16OS/c20-18(17-11-16(17)13-6-2-1-3-7-13)10-14-12-21-19-9-5-4-8-15(14)19/h1-9,12,16-17H,10-11H2. The first kappa shape index (κ1) is 12.8. The van der Waals surface area contributed by atoms with Crippen molar-refractivity contribution in [1.82, 2.24) is 0 Å². The minimum Gasteiger partial charge on any atom is -0.299 e. The Hall–Kier alpha value is -1.93. The third-order valence-corrected chi connectivity index (χ3v) is 5.37. The van der Waals surface area contributed by atoms with Crippen LogP contribution in [0.3, 0.4) is 0 Å². The number of Topliss-reactive ketones (excluding diaryl/α,β-unsaturated/α-hetero) is 1. The molecular formula is C19H16OS. The predicted molar refractivity (Wildman–Crippen MR) is 87.8 cm³/mol. The van der Waals surface area contributed by atoms with Gasteiger partial charge in [0, 0.05) is 17.0 Å². The number of fused-ring (bicyclic) bond motifs is 1. The van der Waals surface area contributed by atoms with Crippen molar-refractivity contribution in [1.29, 1.82) is 0 Å². The summed E-state index contributed by atoms with van der Waals surface area (Å²) in [5.41, 5.74) is 2.50. The number of carbonyl (C=O) groups excluding carboxylic acids is 1. The molecule has 2 atom stereocenters. The molecular weight excluding hydrogens is 276 g/mol. The Morgan fingerprint density at radius 3 is 2.67 bits per heavy atom. The van der Waals surface area contributed by atoms with Crippen molar-refractivity contribution < 1.29 is 4.79 Å². The van der Waals surface area contributed by atoms with Crippen LogP contribution in [0.2, 0.25) is 0 Å². The van der Waals surface area contributed by atoms with Crippen LogP contribution >= 0.6 is 11.3 Å². The molecule has 0 radical (unpaired) electrons. The maximum absolute atomic E-state index is 12.5. The Labute approximate surface area is 128 Å². The Kier molecular flexibility index (Phi) is 3.12. The summed E-state index contributed by atoms with van der Waals surface area (Å²) in [5, 5.41) is 3.38. The maximum Gasteiger partial charge on any atom is 0.141 e. The lowest BCUT2D eigenvalue weighted by Crippen LogP contribution is -2.06. The normalized spacial score (nSPS) is 20.6. The van der Waals surface area contributed by atoms with E-state index in [1.165, 1.54) is 21.2 Å². The highest BCUT2D eigenvalue weighted by Crippen LogP contribution is 2.48. The zero-order valence-electron chi connectivity index (χ0n) is 11.7. The van der Waals surface area contributed by atoms with Gasteiger partial charge in [-0.25, -0.2) is 0 Å². The van der Waals surface area contributed by atoms with Crippen molar-refractivity contribution in [3.63, 3.8) is 0 Å². The highest BCUT2D eigenvalue weighted by atomic mass is 32.1. The topological polar surface area (TPSA) is 17.1 Å². The number of hydrogen-bond acceptors (Lipinski definition) is 2. The second-order valence-corrected chi connectivity index (χ2v) is 6.67. The molecule has 1 fully saturated rings. The van der Waals surface area contributed by atoms with E-state index in [4.69, 9.17) is 0 Å². The molecule has 2 aromatic carbocycles. The van der Waals surface area contributed by atoms with Crippen LogP contribution in [0.1, 0.15) is 23.5 Å². The van der Waals surface area contributed by atoms with Gasteiger partial charge in [0.25, 0.3) is 0 Å². The van der Waals surface area contributed by atoms with Crippen LogP contribution in [0, 0.1) is 5.92 Å². The molecule has 0 saturated heterocycles. The fraction of sp³-hybridized carbons (Fsp3) is 0.211. The van der Waals surface area contributed by atoms with Crippen LogP contribution in [0.15, 0.2) is 60.0 Å². The molecule has 0 spiro atoms. The zero-order chi connectivity index (χ0) is 14.2. The Bertz CT molecular complexity index is 787. The predicted octanol–water partition coefficient (Wildman–Crippen LogP) is 4.82. The number of benzene rings is 2. The van der Waals surface area contributed by atoms with E-state index < -0.39 is 0 Å². The van der Waals surface area contributed by atoms with Crippen LogP contribution in [-0.2, 0) is 11.2 Å². The molecule has 2 unspecified atom stereocenters. The van der Waals surface area contributed by atoms with Gasteiger partial charge in [0.05, 0.1) is 0 Å². The van der Waals surface area contributed by atoms with Gasteiger partial charge in [-0.1, -0.05) is 48.5 Å². The number of thiophene rings is 1. The van der Waals surface area contributed by atoms with Crippen molar-refractivity contribution in [3.05, 3.63) is 71.1 Å². The number of rotatable bonds is 4. The SMILES string of the molecule is O=C(Cc1csc2ccccc12)C1CC1c1ccccc1. The molecule has 21 heavy (non-hydrogen) atoms. The second-order valence-electron chi connectivity index (χ2n) is 5.76. The average molecular weight is 292 g/mol. The summed E-state index contributed by atoms with van der Waals surface area (Å²) in [4.78, 5) is 12.5. The minimum absolute atomic E-state index is 0.228. The van der Waals surface area contributed by atoms with Gasteiger partial charge in [-0.15, -0.1) is 11.3 Å². The Morgan fingerprint density at radius 2 is 1.81 bits per heavy atom. The smallest absolute Gasteiger partial charge is 0.141 e. The number of hydrogen-bond donors (Lipinski definition) is 0. The quantitative estimate of drug-likeness (QED) is 0.674. The summed E-state index contributed by atoms with van der Waals surface area (Å²) in [7, 11) is 0. The van der Waals surface area contributed by atoms with Crippen LogP contribution in [-0.4, -0.2) is 5.78 Å². The van der Waals surface area contributed by atoms with E-state index in [2.05, 4.69) is 47.8 Å². The van der Waals surface area contributed by atoms with E-state index in [0.29, 0.717) is 18.1 Å². The molecule has 1 saturated carbocycles. The van der Waals surface area contributed by atoms with E-state index in [1.54, 1.807) is 11.3 Å². The first-order valence-corrected chi connectivity index (χ1v) is 8.23. The van der Waals surface area contributed by atoms with Gasteiger partial charge >= 0.3 is 0 Å². The molecule has 104 valence electrons. The van der Waals surface area contributed by atoms with Gasteiger partial charge in [-0.05, 0) is 40.3 Å². The fourth-order valence-electron chi connectivity index (χ4n) is 3.11. The summed E-state index contributed by atoms with van der Waals surface area (Å²) in [6.07, 6.45) is 1.60. The third kappa shape index (κ3) is 2.40. The molecule has 1 aromatic heterocycles. The summed E-state index contributed by atoms with van der Waals surface area (Å²) in [6, 6.07) is 18.8. The van der Waals surface area contributed by atoms with Crippen LogP contribution in [0.4, 0.5) is 0 Å². The van der Waals surface area contributed by atoms with Gasteiger partial charge in [-0.3, -0.25) is 4.79 Å². The number of ketones is 1. The highest BCUT2D eigenvalue weighted by molar-refractivity contribution is 7.17. The van der Waals surface area contributed by atoms with E-state index in [-0.39, 0.29) is 5.92 Å². The largest absolute Gasteiger partial charge is 0.299 e. The first-order valence-electron chi connectivity index (χ1n) is 7.35. The molecule has 1 aliphatic rings. The summed E-state index contributed by atoms with van der Waals surface area (Å²) in [5.74, 6) is 1.07. The lowest BCUT2D eigenvalue weighted by atomic mass is 10.0. The Balaban J connectivity index is 1.50. The lowest BCUT2D eigenvalue weighted by Gasteiger charge is -2.01. The van der Waals surface area contributed by atoms with Crippen molar-refractivity contribution in [2.45, 2.75) is 18.8 Å². The van der Waals surface area contributed by atoms with Gasteiger partial charge in [-0.2, -0.15) is 0 Å². The molecule has 1 aliphatic carbocycles. The summed E-state index contributed by atoms with van der Waals surface area (Å²) >= 11 is 1.73. The number of carbonyl (C=O) groups is 1. The van der Waals surface area contributed by atoms with Crippen molar-refractivity contribution in [2.75, 3.05) is 0 Å². The zero-order valence-corrected chi connectivity index (χ0v) is 12.5. The molecule has 1 heterocycles. The van der Waals surface area contributed by atoms with Crippen LogP contribution < -0.4 is 0 Å². The van der Waals surface area contributed by atoms with E-state index in [1.807, 2.05) is 12.1 Å². The minimum atomic E-state index is 0.228. The van der Waals surface area contributed by atoms with Crippen LogP contribution in [0.5, 0.6) is 0 Å². The molecule has 0 bridgehead atoms. The lowest BCUT2D eigenvalue weighted by molar-refractivity contribution is -0.119.